The molecule has 2 N–H and O–H groups in total. The van der Waals surface area contributed by atoms with Crippen LogP contribution in [-0.4, -0.2) is 49.8 Å². The van der Waals surface area contributed by atoms with Crippen molar-refractivity contribution in [3.05, 3.63) is 28.8 Å². The highest BCUT2D eigenvalue weighted by atomic mass is 35.5. The summed E-state index contributed by atoms with van der Waals surface area (Å²) in [5.41, 5.74) is 6.39. The van der Waals surface area contributed by atoms with E-state index in [2.05, 4.69) is 4.90 Å². The third-order valence-electron chi connectivity index (χ3n) is 4.40. The van der Waals surface area contributed by atoms with Crippen molar-refractivity contribution >= 4 is 21.6 Å². The second-order valence-electron chi connectivity index (χ2n) is 5.66. The highest BCUT2D eigenvalue weighted by Crippen LogP contribution is 2.29. The highest BCUT2D eigenvalue weighted by molar-refractivity contribution is 7.89. The molecule has 1 unspecified atom stereocenters. The van der Waals surface area contributed by atoms with Crippen LogP contribution in [-0.2, 0) is 16.6 Å². The van der Waals surface area contributed by atoms with Crippen LogP contribution in [0.4, 0.5) is 0 Å². The van der Waals surface area contributed by atoms with Crippen LogP contribution in [0.25, 0.3) is 0 Å². The van der Waals surface area contributed by atoms with E-state index in [9.17, 15) is 8.42 Å². The summed E-state index contributed by atoms with van der Waals surface area (Å²) >= 11 is 6.15. The first-order chi connectivity index (χ1) is 10.0. The van der Waals surface area contributed by atoms with Gasteiger partial charge in [0.2, 0.25) is 10.0 Å². The molecule has 2 heterocycles. The summed E-state index contributed by atoms with van der Waals surface area (Å²) in [5, 5.41) is 0.256. The molecule has 1 aromatic carbocycles. The van der Waals surface area contributed by atoms with Gasteiger partial charge in [0, 0.05) is 32.2 Å². The zero-order valence-corrected chi connectivity index (χ0v) is 13.4. The maximum atomic E-state index is 12.8. The van der Waals surface area contributed by atoms with E-state index in [4.69, 9.17) is 17.3 Å². The molecule has 0 spiro atoms. The topological polar surface area (TPSA) is 66.6 Å². The van der Waals surface area contributed by atoms with Crippen molar-refractivity contribution in [1.29, 1.82) is 0 Å². The lowest BCUT2D eigenvalue weighted by molar-refractivity contribution is 0.158. The molecule has 21 heavy (non-hydrogen) atoms. The number of halogens is 1. The molecule has 2 fully saturated rings. The quantitative estimate of drug-likeness (QED) is 0.907. The van der Waals surface area contributed by atoms with E-state index >= 15 is 0 Å². The van der Waals surface area contributed by atoms with E-state index < -0.39 is 10.0 Å². The SMILES string of the molecule is NCc1ccc(S(=O)(=O)N2CCN3CCCC3C2)c(Cl)c1. The van der Waals surface area contributed by atoms with Gasteiger partial charge in [0.15, 0.2) is 0 Å². The van der Waals surface area contributed by atoms with Crippen molar-refractivity contribution < 1.29 is 8.42 Å². The summed E-state index contributed by atoms with van der Waals surface area (Å²) in [7, 11) is -3.52. The molecule has 0 aliphatic carbocycles. The van der Waals surface area contributed by atoms with E-state index in [0.717, 1.165) is 31.5 Å². The number of rotatable bonds is 3. The van der Waals surface area contributed by atoms with Crippen LogP contribution in [0.3, 0.4) is 0 Å². The molecular weight excluding hydrogens is 310 g/mol. The second-order valence-corrected chi connectivity index (χ2v) is 7.98. The molecule has 7 heteroatoms. The molecule has 0 saturated carbocycles. The van der Waals surface area contributed by atoms with Gasteiger partial charge < -0.3 is 5.73 Å². The van der Waals surface area contributed by atoms with Gasteiger partial charge in [-0.1, -0.05) is 17.7 Å². The Bertz CT molecular complexity index is 635. The maximum absolute atomic E-state index is 12.8. The Morgan fingerprint density at radius 2 is 2.10 bits per heavy atom. The summed E-state index contributed by atoms with van der Waals surface area (Å²) in [5.74, 6) is 0. The van der Waals surface area contributed by atoms with E-state index in [1.165, 1.54) is 0 Å². The average Bonchev–Trinajstić information content (AvgIpc) is 2.94. The van der Waals surface area contributed by atoms with E-state index in [0.29, 0.717) is 25.7 Å². The number of fused-ring (bicyclic) bond motifs is 1. The molecule has 2 saturated heterocycles. The van der Waals surface area contributed by atoms with E-state index in [1.807, 2.05) is 0 Å². The first-order valence-corrected chi connectivity index (χ1v) is 9.07. The number of nitrogens with zero attached hydrogens (tertiary/aromatic N) is 2. The zero-order valence-electron chi connectivity index (χ0n) is 11.8. The van der Waals surface area contributed by atoms with Gasteiger partial charge in [-0.15, -0.1) is 0 Å². The molecule has 2 aliphatic rings. The molecule has 3 rings (SSSR count). The van der Waals surface area contributed by atoms with Gasteiger partial charge in [-0.05, 0) is 37.1 Å². The molecular formula is C14H20ClN3O2S. The molecule has 1 aromatic rings. The minimum atomic E-state index is -3.52. The lowest BCUT2D eigenvalue weighted by Crippen LogP contribution is -2.51. The van der Waals surface area contributed by atoms with Gasteiger partial charge >= 0.3 is 0 Å². The van der Waals surface area contributed by atoms with Gasteiger partial charge in [0.25, 0.3) is 0 Å². The molecule has 0 bridgehead atoms. The van der Waals surface area contributed by atoms with E-state index in [1.54, 1.807) is 22.5 Å². The number of nitrogens with two attached hydrogens (primary N) is 1. The maximum Gasteiger partial charge on any atom is 0.244 e. The Morgan fingerprint density at radius 1 is 1.29 bits per heavy atom. The predicted molar refractivity (Wildman–Crippen MR) is 82.7 cm³/mol. The van der Waals surface area contributed by atoms with Crippen molar-refractivity contribution in [2.75, 3.05) is 26.2 Å². The number of benzene rings is 1. The molecule has 0 amide bonds. The van der Waals surface area contributed by atoms with Gasteiger partial charge in [-0.25, -0.2) is 8.42 Å². The van der Waals surface area contributed by atoms with Crippen molar-refractivity contribution in [2.24, 2.45) is 5.73 Å². The Hall–Kier alpha value is -0.660. The van der Waals surface area contributed by atoms with Crippen LogP contribution in [0.5, 0.6) is 0 Å². The minimum absolute atomic E-state index is 0.188. The molecule has 5 nitrogen and oxygen atoms in total. The fourth-order valence-corrected chi connectivity index (χ4v) is 5.21. The molecule has 1 atom stereocenters. The van der Waals surface area contributed by atoms with Gasteiger partial charge in [-0.2, -0.15) is 4.31 Å². The van der Waals surface area contributed by atoms with Gasteiger partial charge in [0.05, 0.1) is 5.02 Å². The molecule has 0 radical (unpaired) electrons. The smallest absolute Gasteiger partial charge is 0.244 e. The Kier molecular flexibility index (Phi) is 4.25. The summed E-state index contributed by atoms with van der Waals surface area (Å²) in [6.45, 7) is 3.35. The van der Waals surface area contributed by atoms with Crippen LogP contribution >= 0.6 is 11.6 Å². The third kappa shape index (κ3) is 2.83. The van der Waals surface area contributed by atoms with Gasteiger partial charge in [-0.3, -0.25) is 4.90 Å². The fourth-order valence-electron chi connectivity index (χ4n) is 3.20. The summed E-state index contributed by atoms with van der Waals surface area (Å²) < 4.78 is 27.1. The standard InChI is InChI=1S/C14H20ClN3O2S/c15-13-8-11(9-16)3-4-14(13)21(19,20)18-7-6-17-5-1-2-12(17)10-18/h3-4,8,12H,1-2,5-7,9-10,16H2. The number of piperazine rings is 1. The predicted octanol–water partition coefficient (Wildman–Crippen LogP) is 1.27. The first kappa shape index (κ1) is 15.2. The number of hydrogen-bond donors (Lipinski definition) is 1. The Balaban J connectivity index is 1.86. The Labute approximate surface area is 130 Å². The zero-order chi connectivity index (χ0) is 15.0. The largest absolute Gasteiger partial charge is 0.326 e. The number of sulfonamides is 1. The van der Waals surface area contributed by atoms with Crippen molar-refractivity contribution in [1.82, 2.24) is 9.21 Å². The van der Waals surface area contributed by atoms with Crippen molar-refractivity contribution in [3.8, 4) is 0 Å². The Morgan fingerprint density at radius 3 is 2.81 bits per heavy atom. The molecule has 0 aromatic heterocycles. The van der Waals surface area contributed by atoms with E-state index in [-0.39, 0.29) is 9.92 Å². The highest BCUT2D eigenvalue weighted by Gasteiger charge is 2.36. The van der Waals surface area contributed by atoms with Crippen LogP contribution in [0.15, 0.2) is 23.1 Å². The summed E-state index contributed by atoms with van der Waals surface area (Å²) in [4.78, 5) is 2.57. The normalized spacial score (nSPS) is 24.2. The van der Waals surface area contributed by atoms with Crippen LogP contribution in [0.2, 0.25) is 5.02 Å². The van der Waals surface area contributed by atoms with Crippen LogP contribution in [0.1, 0.15) is 18.4 Å². The fraction of sp³-hybridized carbons (Fsp3) is 0.571. The third-order valence-corrected chi connectivity index (χ3v) is 6.75. The van der Waals surface area contributed by atoms with Crippen molar-refractivity contribution in [2.45, 2.75) is 30.3 Å². The molecule has 2 aliphatic heterocycles. The lowest BCUT2D eigenvalue weighted by Gasteiger charge is -2.36. The lowest BCUT2D eigenvalue weighted by atomic mass is 10.2. The van der Waals surface area contributed by atoms with Crippen LogP contribution in [0, 0.1) is 0 Å². The first-order valence-electron chi connectivity index (χ1n) is 7.25. The number of hydrogen-bond acceptors (Lipinski definition) is 4. The van der Waals surface area contributed by atoms with Crippen LogP contribution < -0.4 is 5.73 Å². The summed E-state index contributed by atoms with van der Waals surface area (Å²) in [6.07, 6.45) is 2.23. The molecule has 116 valence electrons. The minimum Gasteiger partial charge on any atom is -0.326 e. The summed E-state index contributed by atoms with van der Waals surface area (Å²) in [6, 6.07) is 5.29. The van der Waals surface area contributed by atoms with Crippen molar-refractivity contribution in [3.63, 3.8) is 0 Å². The van der Waals surface area contributed by atoms with Gasteiger partial charge in [0.1, 0.15) is 4.90 Å². The average molecular weight is 330 g/mol. The second kappa shape index (κ2) is 5.85. The monoisotopic (exact) mass is 329 g/mol.